The maximum absolute atomic E-state index is 12.8. The van der Waals surface area contributed by atoms with Crippen LogP contribution in [0.15, 0.2) is 47.6 Å². The van der Waals surface area contributed by atoms with Crippen LogP contribution in [0.1, 0.15) is 73.4 Å². The van der Waals surface area contributed by atoms with E-state index in [9.17, 15) is 9.59 Å². The van der Waals surface area contributed by atoms with Gasteiger partial charge in [-0.3, -0.25) is 14.6 Å². The van der Waals surface area contributed by atoms with Gasteiger partial charge >= 0.3 is 5.97 Å². The van der Waals surface area contributed by atoms with Crippen molar-refractivity contribution in [2.45, 2.75) is 58.3 Å². The number of unbranched alkanes of at least 4 members (excludes halogenated alkanes) is 5. The molecule has 8 nitrogen and oxygen atoms in total. The molecule has 2 aliphatic rings. The molecule has 0 aromatic heterocycles. The van der Waals surface area contributed by atoms with Crippen LogP contribution in [-0.2, 0) is 16.0 Å². The molecule has 0 radical (unpaired) electrons. The number of nitrogens with zero attached hydrogens (tertiary/aromatic N) is 3. The zero-order chi connectivity index (χ0) is 28.2. The molecule has 8 heteroatoms. The molecular weight excluding hydrogens is 504 g/mol. The van der Waals surface area contributed by atoms with Crippen molar-refractivity contribution in [3.8, 4) is 5.75 Å². The molecule has 0 aliphatic carbocycles. The Kier molecular flexibility index (Phi) is 11.4. The second-order valence-corrected chi connectivity index (χ2v) is 11.0. The number of rotatable bonds is 13. The number of amides is 1. The first-order valence-electron chi connectivity index (χ1n) is 14.8. The molecule has 1 fully saturated rings. The molecule has 0 saturated carbocycles. The van der Waals surface area contributed by atoms with Crippen LogP contribution in [0.5, 0.6) is 5.75 Å². The number of ether oxygens (including phenoxy) is 2. The third-order valence-corrected chi connectivity index (χ3v) is 7.55. The van der Waals surface area contributed by atoms with E-state index in [4.69, 9.17) is 9.47 Å². The van der Waals surface area contributed by atoms with Crippen molar-refractivity contribution >= 4 is 23.8 Å². The summed E-state index contributed by atoms with van der Waals surface area (Å²) in [5, 5.41) is 9.60. The zero-order valence-electron chi connectivity index (χ0n) is 24.1. The Balaban J connectivity index is 1.20. The van der Waals surface area contributed by atoms with Crippen molar-refractivity contribution in [3.63, 3.8) is 0 Å². The van der Waals surface area contributed by atoms with Gasteiger partial charge in [0, 0.05) is 49.4 Å². The van der Waals surface area contributed by atoms with Crippen molar-refractivity contribution in [2.24, 2.45) is 11.0 Å². The minimum atomic E-state index is -0.177. The van der Waals surface area contributed by atoms with E-state index in [1.54, 1.807) is 0 Å². The Hall–Kier alpha value is -3.39. The minimum Gasteiger partial charge on any atom is -0.493 e. The van der Waals surface area contributed by atoms with Gasteiger partial charge in [0.25, 0.3) is 5.91 Å². The number of nitrogens with one attached hydrogen (secondary N) is 1. The highest BCUT2D eigenvalue weighted by molar-refractivity contribution is 6.04. The van der Waals surface area contributed by atoms with Gasteiger partial charge in [0.1, 0.15) is 5.75 Å². The molecule has 1 saturated heterocycles. The molecule has 2 heterocycles. The van der Waals surface area contributed by atoms with Crippen LogP contribution in [0.2, 0.25) is 0 Å². The van der Waals surface area contributed by atoms with Gasteiger partial charge in [-0.15, -0.1) is 0 Å². The summed E-state index contributed by atoms with van der Waals surface area (Å²) in [4.78, 5) is 27.4. The van der Waals surface area contributed by atoms with Gasteiger partial charge in [0.2, 0.25) is 0 Å². The van der Waals surface area contributed by atoms with E-state index >= 15 is 0 Å². The molecule has 2 aliphatic heterocycles. The first kappa shape index (κ1) is 29.6. The van der Waals surface area contributed by atoms with Crippen LogP contribution in [-0.4, -0.2) is 74.4 Å². The molecule has 1 unspecified atom stereocenters. The molecule has 0 bridgehead atoms. The lowest BCUT2D eigenvalue weighted by Crippen LogP contribution is -2.41. The van der Waals surface area contributed by atoms with E-state index in [0.29, 0.717) is 30.9 Å². The van der Waals surface area contributed by atoms with Crippen LogP contribution in [0.3, 0.4) is 0 Å². The number of fused-ring (bicyclic) bond motifs is 1. The summed E-state index contributed by atoms with van der Waals surface area (Å²) in [6, 6.07) is 13.1. The number of esters is 1. The number of hydrogen-bond donors (Lipinski definition) is 1. The predicted octanol–water partition coefficient (Wildman–Crippen LogP) is 5.37. The topological polar surface area (TPSA) is 83.5 Å². The summed E-state index contributed by atoms with van der Waals surface area (Å²) >= 11 is 0. The highest BCUT2D eigenvalue weighted by atomic mass is 16.5. The third-order valence-electron chi connectivity index (χ3n) is 7.55. The van der Waals surface area contributed by atoms with Crippen LogP contribution < -0.4 is 10.1 Å². The predicted molar refractivity (Wildman–Crippen MR) is 159 cm³/mol. The van der Waals surface area contributed by atoms with E-state index in [1.165, 1.54) is 25.7 Å². The fourth-order valence-corrected chi connectivity index (χ4v) is 4.99. The molecule has 40 heavy (non-hydrogen) atoms. The van der Waals surface area contributed by atoms with Crippen LogP contribution in [0.4, 0.5) is 5.69 Å². The quantitative estimate of drug-likeness (QED) is 0.206. The van der Waals surface area contributed by atoms with Crippen LogP contribution in [0, 0.1) is 5.92 Å². The van der Waals surface area contributed by atoms with Gasteiger partial charge in [0.05, 0.1) is 25.8 Å². The Morgan fingerprint density at radius 2 is 1.77 bits per heavy atom. The molecule has 216 valence electrons. The first-order chi connectivity index (χ1) is 19.5. The fraction of sp³-hybridized carbons (Fsp3) is 0.531. The number of hydrogen-bond acceptors (Lipinski definition) is 7. The molecule has 4 rings (SSSR count). The average molecular weight is 549 g/mol. The molecule has 1 N–H and O–H groups in total. The van der Waals surface area contributed by atoms with Crippen LogP contribution in [0.25, 0.3) is 0 Å². The molecular formula is C32H44N4O4. The van der Waals surface area contributed by atoms with Crippen molar-refractivity contribution in [1.29, 1.82) is 0 Å². The minimum absolute atomic E-state index is 0.100. The monoisotopic (exact) mass is 548 g/mol. The molecule has 1 atom stereocenters. The number of benzene rings is 2. The average Bonchev–Trinajstić information content (AvgIpc) is 2.96. The maximum Gasteiger partial charge on any atom is 0.306 e. The fourth-order valence-electron chi connectivity index (χ4n) is 4.99. The highest BCUT2D eigenvalue weighted by Crippen LogP contribution is 2.31. The summed E-state index contributed by atoms with van der Waals surface area (Å²) in [5.74, 6) is 0.531. The van der Waals surface area contributed by atoms with Crippen molar-refractivity contribution in [2.75, 3.05) is 51.8 Å². The summed E-state index contributed by atoms with van der Waals surface area (Å²) < 4.78 is 11.4. The van der Waals surface area contributed by atoms with Crippen molar-refractivity contribution < 1.29 is 19.1 Å². The number of carbonyl (C=O) groups is 2. The van der Waals surface area contributed by atoms with Gasteiger partial charge in [-0.2, -0.15) is 5.10 Å². The van der Waals surface area contributed by atoms with Gasteiger partial charge < -0.3 is 19.7 Å². The Bertz CT molecular complexity index is 1130. The van der Waals surface area contributed by atoms with Crippen molar-refractivity contribution in [3.05, 3.63) is 59.2 Å². The Morgan fingerprint density at radius 3 is 2.55 bits per heavy atom. The van der Waals surface area contributed by atoms with Gasteiger partial charge in [-0.1, -0.05) is 57.2 Å². The number of anilines is 1. The molecule has 0 spiro atoms. The summed E-state index contributed by atoms with van der Waals surface area (Å²) in [7, 11) is 2.12. The summed E-state index contributed by atoms with van der Waals surface area (Å²) in [6.45, 7) is 7.05. The molecule has 2 aromatic carbocycles. The van der Waals surface area contributed by atoms with Gasteiger partial charge in [-0.25, -0.2) is 0 Å². The van der Waals surface area contributed by atoms with E-state index in [2.05, 4.69) is 34.3 Å². The molecule has 1 amide bonds. The lowest BCUT2D eigenvalue weighted by atomic mass is 9.94. The van der Waals surface area contributed by atoms with Crippen molar-refractivity contribution in [1.82, 2.24) is 9.91 Å². The smallest absolute Gasteiger partial charge is 0.306 e. The van der Waals surface area contributed by atoms with E-state index in [-0.39, 0.29) is 17.8 Å². The zero-order valence-corrected chi connectivity index (χ0v) is 24.1. The maximum atomic E-state index is 12.8. The SMILES string of the molecule is CCCCCCCCOC(=O)CC1COc2cc(NC(=O)c3ccc(C=NN4CCN(C)CC4)cc3)ccc2C1. The second-order valence-electron chi connectivity index (χ2n) is 11.0. The largest absolute Gasteiger partial charge is 0.493 e. The van der Waals surface area contributed by atoms with Gasteiger partial charge in [0.15, 0.2) is 0 Å². The lowest BCUT2D eigenvalue weighted by Gasteiger charge is -2.30. The van der Waals surface area contributed by atoms with E-state index in [1.807, 2.05) is 48.7 Å². The number of hydrazone groups is 1. The van der Waals surface area contributed by atoms with Crippen LogP contribution >= 0.6 is 0 Å². The summed E-state index contributed by atoms with van der Waals surface area (Å²) in [5.41, 5.74) is 3.26. The number of piperazine rings is 1. The summed E-state index contributed by atoms with van der Waals surface area (Å²) in [6.07, 6.45) is 9.99. The Morgan fingerprint density at radius 1 is 1.02 bits per heavy atom. The first-order valence-corrected chi connectivity index (χ1v) is 14.8. The van der Waals surface area contributed by atoms with Gasteiger partial charge in [-0.05, 0) is 49.2 Å². The normalized spacial score (nSPS) is 17.4. The number of likely N-dealkylation sites (N-methyl/N-ethyl adjacent to an activating group) is 1. The third kappa shape index (κ3) is 9.37. The molecule has 2 aromatic rings. The number of carbonyl (C=O) groups excluding carboxylic acids is 2. The van der Waals surface area contributed by atoms with E-state index < -0.39 is 0 Å². The highest BCUT2D eigenvalue weighted by Gasteiger charge is 2.23. The lowest BCUT2D eigenvalue weighted by molar-refractivity contribution is -0.145. The Labute approximate surface area is 238 Å². The van der Waals surface area contributed by atoms with E-state index in [0.717, 1.165) is 62.3 Å². The second kappa shape index (κ2) is 15.4. The standard InChI is InChI=1S/C32H44N4O4/c1-3-4-5-6-7-8-19-39-31(37)21-26-20-28-13-14-29(22-30(28)40-24-26)34-32(38)27-11-9-25(10-12-27)23-33-36-17-15-35(2)16-18-36/h9-14,22-23,26H,3-8,15-21,24H2,1-2H3,(H,34,38).